The first-order valence-corrected chi connectivity index (χ1v) is 10.8. The molecule has 0 saturated heterocycles. The van der Waals surface area contributed by atoms with Crippen LogP contribution in [0.4, 0.5) is 11.5 Å². The summed E-state index contributed by atoms with van der Waals surface area (Å²) in [5, 5.41) is 2.07. The van der Waals surface area contributed by atoms with Crippen LogP contribution in [-0.4, -0.2) is 16.5 Å². The largest absolute Gasteiger partial charge is 0.325 e. The van der Waals surface area contributed by atoms with Crippen molar-refractivity contribution in [2.24, 2.45) is 0 Å². The van der Waals surface area contributed by atoms with E-state index in [-0.39, 0.29) is 5.28 Å². The van der Waals surface area contributed by atoms with Crippen molar-refractivity contribution in [1.29, 1.82) is 0 Å². The van der Waals surface area contributed by atoms with E-state index in [0.29, 0.717) is 0 Å². The van der Waals surface area contributed by atoms with Gasteiger partial charge in [-0.3, -0.25) is 0 Å². The van der Waals surface area contributed by atoms with Crippen LogP contribution < -0.4 is 4.90 Å². The molecule has 6 heteroatoms. The molecule has 1 aliphatic rings. The van der Waals surface area contributed by atoms with Gasteiger partial charge in [-0.1, -0.05) is 41.9 Å². The smallest absolute Gasteiger partial charge is 0.225 e. The molecule has 0 atom stereocenters. The Hall–Kier alpha value is -2.14. The second-order valence-corrected chi connectivity index (χ2v) is 8.90. The lowest BCUT2D eigenvalue weighted by molar-refractivity contribution is 0.761. The van der Waals surface area contributed by atoms with E-state index in [0.717, 1.165) is 51.6 Å². The Kier molecular flexibility index (Phi) is 4.50. The van der Waals surface area contributed by atoms with Crippen molar-refractivity contribution in [3.63, 3.8) is 0 Å². The van der Waals surface area contributed by atoms with Crippen LogP contribution in [-0.2, 0) is 6.42 Å². The number of anilines is 2. The van der Waals surface area contributed by atoms with E-state index >= 15 is 0 Å². The number of hydrogen-bond acceptors (Lipinski definition) is 4. The minimum atomic E-state index is 0.287. The van der Waals surface area contributed by atoms with Crippen molar-refractivity contribution in [3.8, 4) is 11.1 Å². The molecule has 28 heavy (non-hydrogen) atoms. The Balaban J connectivity index is 1.79. The molecule has 140 valence electrons. The normalized spacial score (nSPS) is 13.8. The predicted octanol–water partition coefficient (Wildman–Crippen LogP) is 7.06. The van der Waals surface area contributed by atoms with Crippen LogP contribution in [0.1, 0.15) is 16.9 Å². The van der Waals surface area contributed by atoms with E-state index in [1.807, 2.05) is 12.1 Å². The number of fused-ring (bicyclic) bond motifs is 2. The second kappa shape index (κ2) is 7.03. The number of nitrogens with zero attached hydrogens (tertiary/aromatic N) is 3. The van der Waals surface area contributed by atoms with Crippen LogP contribution >= 0.6 is 34.5 Å². The third-order valence-electron chi connectivity index (χ3n) is 5.18. The summed E-state index contributed by atoms with van der Waals surface area (Å²) in [7, 11) is 0. The molecule has 0 bridgehead atoms. The highest BCUT2D eigenvalue weighted by Gasteiger charge is 2.25. The summed E-state index contributed by atoms with van der Waals surface area (Å²) < 4.78 is 0. The van der Waals surface area contributed by atoms with Crippen molar-refractivity contribution in [2.75, 3.05) is 11.4 Å². The highest BCUT2D eigenvalue weighted by molar-refractivity contribution is 7.19. The number of rotatable bonds is 2. The van der Waals surface area contributed by atoms with Gasteiger partial charge in [-0.15, -0.1) is 11.3 Å². The summed E-state index contributed by atoms with van der Waals surface area (Å²) >= 11 is 14.1. The van der Waals surface area contributed by atoms with Crippen LogP contribution in [0.25, 0.3) is 21.3 Å². The first kappa shape index (κ1) is 17.9. The SMILES string of the molecule is Cc1sc2nc(Cl)nc(N3CCCc4ccccc43)c2c1-c1ccc(Cl)cc1. The molecular weight excluding hydrogens is 409 g/mol. The first-order valence-electron chi connectivity index (χ1n) is 9.20. The van der Waals surface area contributed by atoms with Crippen LogP contribution in [0.2, 0.25) is 10.3 Å². The maximum atomic E-state index is 6.34. The monoisotopic (exact) mass is 425 g/mol. The molecule has 0 radical (unpaired) electrons. The van der Waals surface area contributed by atoms with Crippen LogP contribution in [0.5, 0.6) is 0 Å². The summed E-state index contributed by atoms with van der Waals surface area (Å²) in [6.07, 6.45) is 2.17. The molecule has 3 heterocycles. The van der Waals surface area contributed by atoms with Gasteiger partial charge >= 0.3 is 0 Å². The average Bonchev–Trinajstić information content (AvgIpc) is 3.03. The lowest BCUT2D eigenvalue weighted by Gasteiger charge is -2.31. The second-order valence-electron chi connectivity index (χ2n) is 6.92. The summed E-state index contributed by atoms with van der Waals surface area (Å²) in [5.74, 6) is 0.886. The first-order chi connectivity index (χ1) is 13.6. The molecule has 2 aromatic heterocycles. The predicted molar refractivity (Wildman–Crippen MR) is 119 cm³/mol. The molecule has 0 N–H and O–H groups in total. The van der Waals surface area contributed by atoms with Crippen molar-refractivity contribution in [2.45, 2.75) is 19.8 Å². The Labute approximate surface area is 177 Å². The van der Waals surface area contributed by atoms with E-state index in [1.54, 1.807) is 11.3 Å². The molecular formula is C22H17Cl2N3S. The van der Waals surface area contributed by atoms with Gasteiger partial charge in [0, 0.05) is 27.7 Å². The topological polar surface area (TPSA) is 29.0 Å². The van der Waals surface area contributed by atoms with Gasteiger partial charge in [-0.05, 0) is 60.7 Å². The van der Waals surface area contributed by atoms with Crippen molar-refractivity contribution < 1.29 is 0 Å². The number of para-hydroxylation sites is 1. The number of hydrogen-bond donors (Lipinski definition) is 0. The third kappa shape index (κ3) is 2.96. The van der Waals surface area contributed by atoms with Crippen LogP contribution in [0.15, 0.2) is 48.5 Å². The van der Waals surface area contributed by atoms with E-state index in [1.165, 1.54) is 16.1 Å². The Morgan fingerprint density at radius 2 is 1.79 bits per heavy atom. The fraction of sp³-hybridized carbons (Fsp3) is 0.182. The molecule has 0 saturated carbocycles. The average molecular weight is 426 g/mol. The van der Waals surface area contributed by atoms with Gasteiger partial charge in [0.05, 0.1) is 5.39 Å². The molecule has 0 aliphatic carbocycles. The summed E-state index contributed by atoms with van der Waals surface area (Å²) in [5.41, 5.74) is 4.82. The molecule has 3 nitrogen and oxygen atoms in total. The van der Waals surface area contributed by atoms with Crippen molar-refractivity contribution >= 4 is 56.3 Å². The number of halogens is 2. The quantitative estimate of drug-likeness (QED) is 0.322. The van der Waals surface area contributed by atoms with Gasteiger partial charge < -0.3 is 4.90 Å². The minimum absolute atomic E-state index is 0.287. The Morgan fingerprint density at radius 1 is 1.00 bits per heavy atom. The molecule has 1 aliphatic heterocycles. The molecule has 0 spiro atoms. The third-order valence-corrected chi connectivity index (χ3v) is 6.60. The van der Waals surface area contributed by atoms with E-state index in [9.17, 15) is 0 Å². The van der Waals surface area contributed by atoms with Crippen LogP contribution in [0.3, 0.4) is 0 Å². The van der Waals surface area contributed by atoms with E-state index in [2.05, 4.69) is 53.2 Å². The van der Waals surface area contributed by atoms with Gasteiger partial charge in [-0.25, -0.2) is 4.98 Å². The van der Waals surface area contributed by atoms with E-state index < -0.39 is 0 Å². The highest BCUT2D eigenvalue weighted by atomic mass is 35.5. The fourth-order valence-corrected chi connectivity index (χ4v) is 5.36. The van der Waals surface area contributed by atoms with Gasteiger partial charge in [0.1, 0.15) is 10.6 Å². The lowest BCUT2D eigenvalue weighted by Crippen LogP contribution is -2.25. The standard InChI is InChI=1S/C22H17Cl2N3S/c1-13-18(15-8-10-16(23)11-9-15)19-20(25-22(24)26-21(19)28-13)27-12-4-6-14-5-2-3-7-17(14)27/h2-3,5,7-11H,4,6,12H2,1H3. The summed E-state index contributed by atoms with van der Waals surface area (Å²) in [4.78, 5) is 13.6. The molecule has 2 aromatic carbocycles. The molecule has 5 rings (SSSR count). The maximum absolute atomic E-state index is 6.34. The molecule has 0 fully saturated rings. The molecule has 0 unspecified atom stereocenters. The van der Waals surface area contributed by atoms with Gasteiger partial charge in [-0.2, -0.15) is 4.98 Å². The number of aryl methyl sites for hydroxylation is 2. The molecule has 0 amide bonds. The molecule has 4 aromatic rings. The summed E-state index contributed by atoms with van der Waals surface area (Å²) in [6.45, 7) is 3.03. The number of aromatic nitrogens is 2. The van der Waals surface area contributed by atoms with Gasteiger partial charge in [0.25, 0.3) is 0 Å². The number of benzene rings is 2. The fourth-order valence-electron chi connectivity index (χ4n) is 3.98. The Morgan fingerprint density at radius 3 is 2.61 bits per heavy atom. The highest BCUT2D eigenvalue weighted by Crippen LogP contribution is 2.45. The number of thiophene rings is 1. The summed E-state index contributed by atoms with van der Waals surface area (Å²) in [6, 6.07) is 16.5. The van der Waals surface area contributed by atoms with Gasteiger partial charge in [0.15, 0.2) is 0 Å². The van der Waals surface area contributed by atoms with Crippen LogP contribution in [0, 0.1) is 6.92 Å². The maximum Gasteiger partial charge on any atom is 0.225 e. The Bertz CT molecular complexity index is 1180. The van der Waals surface area contributed by atoms with E-state index in [4.69, 9.17) is 28.2 Å². The zero-order valence-electron chi connectivity index (χ0n) is 15.2. The zero-order chi connectivity index (χ0) is 19.3. The zero-order valence-corrected chi connectivity index (χ0v) is 17.6. The van der Waals surface area contributed by atoms with Crippen molar-refractivity contribution in [3.05, 3.63) is 69.3 Å². The van der Waals surface area contributed by atoms with Gasteiger partial charge in [0.2, 0.25) is 5.28 Å². The lowest BCUT2D eigenvalue weighted by atomic mass is 10.00. The minimum Gasteiger partial charge on any atom is -0.325 e. The van der Waals surface area contributed by atoms with Crippen molar-refractivity contribution in [1.82, 2.24) is 9.97 Å².